The molecule has 0 unspecified atom stereocenters. The van der Waals surface area contributed by atoms with Gasteiger partial charge in [-0.05, 0) is 25.7 Å². The Labute approximate surface area is 115 Å². The molecule has 1 N–H and O–H groups in total. The second-order valence-corrected chi connectivity index (χ2v) is 5.18. The smallest absolute Gasteiger partial charge is 0.101 e. The molecule has 0 amide bonds. The van der Waals surface area contributed by atoms with Gasteiger partial charge in [-0.1, -0.05) is 31.9 Å². The Morgan fingerprint density at radius 2 is 1.25 bits per heavy atom. The maximum Gasteiger partial charge on any atom is 0.101 e. The molecule has 16 heavy (non-hydrogen) atoms. The number of hydrogen-bond acceptors (Lipinski definition) is 3. The highest BCUT2D eigenvalue weighted by atomic mass is 79.9. The second-order valence-electron chi connectivity index (χ2n) is 3.60. The minimum Gasteiger partial charge on any atom is -0.388 e. The molecule has 0 atom stereocenters. The number of hydrogen-bond donors (Lipinski definition) is 1. The van der Waals surface area contributed by atoms with Gasteiger partial charge < -0.3 is 14.6 Å². The fourth-order valence-corrected chi connectivity index (χ4v) is 1.88. The Bertz CT molecular complexity index is 122. The van der Waals surface area contributed by atoms with E-state index in [0.717, 1.165) is 36.3 Å². The summed E-state index contributed by atoms with van der Waals surface area (Å²) >= 11 is 6.71. The fourth-order valence-electron chi connectivity index (χ4n) is 1.08. The third-order valence-corrected chi connectivity index (χ3v) is 3.09. The van der Waals surface area contributed by atoms with Crippen molar-refractivity contribution in [2.24, 2.45) is 0 Å². The molecule has 98 valence electrons. The Hall–Kier alpha value is 0.840. The van der Waals surface area contributed by atoms with Crippen LogP contribution in [0.15, 0.2) is 0 Å². The van der Waals surface area contributed by atoms with Crippen LogP contribution in [0.25, 0.3) is 0 Å². The van der Waals surface area contributed by atoms with Gasteiger partial charge in [0.2, 0.25) is 0 Å². The summed E-state index contributed by atoms with van der Waals surface area (Å²) in [6.45, 7) is 2.18. The first-order chi connectivity index (χ1) is 7.81. The van der Waals surface area contributed by atoms with Crippen molar-refractivity contribution in [3.05, 3.63) is 0 Å². The Kier molecular flexibility index (Phi) is 14.6. The van der Waals surface area contributed by atoms with Gasteiger partial charge in [-0.25, -0.2) is 0 Å². The van der Waals surface area contributed by atoms with Gasteiger partial charge in [-0.3, -0.25) is 0 Å². The molecule has 0 radical (unpaired) electrons. The van der Waals surface area contributed by atoms with Crippen LogP contribution in [0.5, 0.6) is 0 Å². The predicted octanol–water partition coefficient (Wildman–Crippen LogP) is 2.73. The molecule has 0 fully saturated rings. The first kappa shape index (κ1) is 16.8. The largest absolute Gasteiger partial charge is 0.388 e. The van der Waals surface area contributed by atoms with Crippen LogP contribution in [0, 0.1) is 0 Å². The molecular formula is C11H22Br2O3. The summed E-state index contributed by atoms with van der Waals surface area (Å²) in [5.74, 6) is 0. The SMILES string of the molecule is OC(COCCCCBr)COCCCCBr. The summed E-state index contributed by atoms with van der Waals surface area (Å²) < 4.78 is 10.6. The molecule has 0 spiro atoms. The maximum atomic E-state index is 9.49. The lowest BCUT2D eigenvalue weighted by molar-refractivity contribution is -0.0196. The monoisotopic (exact) mass is 360 g/mol. The summed E-state index contributed by atoms with van der Waals surface area (Å²) in [7, 11) is 0. The highest BCUT2D eigenvalue weighted by Crippen LogP contribution is 1.97. The maximum absolute atomic E-state index is 9.49. The second kappa shape index (κ2) is 13.9. The van der Waals surface area contributed by atoms with E-state index in [1.807, 2.05) is 0 Å². The molecule has 0 saturated heterocycles. The fraction of sp³-hybridized carbons (Fsp3) is 1.00. The van der Waals surface area contributed by atoms with Gasteiger partial charge in [-0.2, -0.15) is 0 Å². The molecule has 0 aliphatic rings. The van der Waals surface area contributed by atoms with Crippen molar-refractivity contribution in [2.75, 3.05) is 37.1 Å². The molecular weight excluding hydrogens is 340 g/mol. The van der Waals surface area contributed by atoms with Gasteiger partial charge >= 0.3 is 0 Å². The van der Waals surface area contributed by atoms with E-state index >= 15 is 0 Å². The standard InChI is InChI=1S/C11H22Br2O3/c12-5-1-3-7-15-9-11(14)10-16-8-4-2-6-13/h11,14H,1-10H2. The molecule has 0 aromatic heterocycles. The summed E-state index contributed by atoms with van der Waals surface area (Å²) in [6, 6.07) is 0. The topological polar surface area (TPSA) is 38.7 Å². The summed E-state index contributed by atoms with van der Waals surface area (Å²) in [5, 5.41) is 11.5. The zero-order valence-corrected chi connectivity index (χ0v) is 12.8. The van der Waals surface area contributed by atoms with Crippen LogP contribution in [0.3, 0.4) is 0 Å². The summed E-state index contributed by atoms with van der Waals surface area (Å²) in [4.78, 5) is 0. The molecule has 0 heterocycles. The number of alkyl halides is 2. The Balaban J connectivity index is 3.09. The molecule has 0 saturated carbocycles. The number of unbranched alkanes of at least 4 members (excludes halogenated alkanes) is 2. The van der Waals surface area contributed by atoms with Gasteiger partial charge in [-0.15, -0.1) is 0 Å². The highest BCUT2D eigenvalue weighted by Gasteiger charge is 2.03. The average molecular weight is 362 g/mol. The van der Waals surface area contributed by atoms with E-state index in [9.17, 15) is 5.11 Å². The molecule has 0 aromatic rings. The minimum absolute atomic E-state index is 0.376. The molecule has 0 aromatic carbocycles. The van der Waals surface area contributed by atoms with Crippen molar-refractivity contribution in [1.82, 2.24) is 0 Å². The molecule has 3 nitrogen and oxygen atoms in total. The normalized spacial score (nSPS) is 11.2. The molecule has 0 aliphatic carbocycles. The first-order valence-electron chi connectivity index (χ1n) is 5.76. The number of ether oxygens (including phenoxy) is 2. The minimum atomic E-state index is -0.493. The third-order valence-electron chi connectivity index (χ3n) is 1.97. The van der Waals surface area contributed by atoms with Crippen LogP contribution in [-0.2, 0) is 9.47 Å². The van der Waals surface area contributed by atoms with Crippen LogP contribution < -0.4 is 0 Å². The molecule has 0 aliphatic heterocycles. The lowest BCUT2D eigenvalue weighted by atomic mass is 10.3. The van der Waals surface area contributed by atoms with Crippen LogP contribution in [-0.4, -0.2) is 48.3 Å². The van der Waals surface area contributed by atoms with E-state index in [4.69, 9.17) is 9.47 Å². The number of halogens is 2. The Morgan fingerprint density at radius 1 is 0.812 bits per heavy atom. The average Bonchev–Trinajstić information content (AvgIpc) is 2.28. The molecule has 0 bridgehead atoms. The van der Waals surface area contributed by atoms with E-state index in [0.29, 0.717) is 26.4 Å². The van der Waals surface area contributed by atoms with Crippen LogP contribution >= 0.6 is 31.9 Å². The van der Waals surface area contributed by atoms with Crippen molar-refractivity contribution in [2.45, 2.75) is 31.8 Å². The number of aliphatic hydroxyl groups is 1. The van der Waals surface area contributed by atoms with Gasteiger partial charge in [0, 0.05) is 23.9 Å². The van der Waals surface area contributed by atoms with Gasteiger partial charge in [0.1, 0.15) is 6.10 Å². The lowest BCUT2D eigenvalue weighted by Crippen LogP contribution is -2.22. The number of aliphatic hydroxyl groups excluding tert-OH is 1. The molecule has 5 heteroatoms. The molecule has 0 rings (SSSR count). The van der Waals surface area contributed by atoms with E-state index in [2.05, 4.69) is 31.9 Å². The predicted molar refractivity (Wildman–Crippen MR) is 73.7 cm³/mol. The summed E-state index contributed by atoms with van der Waals surface area (Å²) in [5.41, 5.74) is 0. The highest BCUT2D eigenvalue weighted by molar-refractivity contribution is 9.09. The first-order valence-corrected chi connectivity index (χ1v) is 8.01. The van der Waals surface area contributed by atoms with E-state index in [-0.39, 0.29) is 0 Å². The zero-order chi connectivity index (χ0) is 12.1. The van der Waals surface area contributed by atoms with E-state index < -0.39 is 6.10 Å². The van der Waals surface area contributed by atoms with E-state index in [1.54, 1.807) is 0 Å². The van der Waals surface area contributed by atoms with Crippen LogP contribution in [0.2, 0.25) is 0 Å². The summed E-state index contributed by atoms with van der Waals surface area (Å²) in [6.07, 6.45) is 3.79. The van der Waals surface area contributed by atoms with Gasteiger partial charge in [0.25, 0.3) is 0 Å². The quantitative estimate of drug-likeness (QED) is 0.429. The third kappa shape index (κ3) is 12.9. The number of rotatable bonds is 12. The Morgan fingerprint density at radius 3 is 1.62 bits per heavy atom. The van der Waals surface area contributed by atoms with Crippen molar-refractivity contribution >= 4 is 31.9 Å². The lowest BCUT2D eigenvalue weighted by Gasteiger charge is -2.11. The van der Waals surface area contributed by atoms with Crippen molar-refractivity contribution in [1.29, 1.82) is 0 Å². The zero-order valence-electron chi connectivity index (χ0n) is 9.67. The van der Waals surface area contributed by atoms with E-state index in [1.165, 1.54) is 0 Å². The van der Waals surface area contributed by atoms with Crippen molar-refractivity contribution in [3.63, 3.8) is 0 Å². The van der Waals surface area contributed by atoms with Crippen LogP contribution in [0.1, 0.15) is 25.7 Å². The van der Waals surface area contributed by atoms with Crippen molar-refractivity contribution in [3.8, 4) is 0 Å². The van der Waals surface area contributed by atoms with Crippen molar-refractivity contribution < 1.29 is 14.6 Å². The van der Waals surface area contributed by atoms with Crippen LogP contribution in [0.4, 0.5) is 0 Å². The van der Waals surface area contributed by atoms with Gasteiger partial charge in [0.15, 0.2) is 0 Å². The van der Waals surface area contributed by atoms with Gasteiger partial charge in [0.05, 0.1) is 13.2 Å².